The summed E-state index contributed by atoms with van der Waals surface area (Å²) in [5.74, 6) is 0.751. The number of ether oxygens (including phenoxy) is 3. The number of aromatic nitrogens is 1. The van der Waals surface area contributed by atoms with Crippen molar-refractivity contribution in [2.45, 2.75) is 32.2 Å². The fraction of sp³-hybridized carbons (Fsp3) is 0.258. The number of carbonyl (C=O) groups excluding carboxylic acids is 3. The van der Waals surface area contributed by atoms with Gasteiger partial charge in [-0.25, -0.2) is 0 Å². The van der Waals surface area contributed by atoms with Crippen LogP contribution in [-0.4, -0.2) is 49.1 Å². The number of fused-ring (bicyclic) bond motifs is 1. The lowest BCUT2D eigenvalue weighted by atomic mass is 10.0. The summed E-state index contributed by atoms with van der Waals surface area (Å²) in [5, 5.41) is 7.02. The zero-order chi connectivity index (χ0) is 28.3. The first kappa shape index (κ1) is 28.2. The largest absolute Gasteiger partial charge is 0.496 e. The zero-order valence-electron chi connectivity index (χ0n) is 22.6. The highest BCUT2D eigenvalue weighted by molar-refractivity contribution is 5.83. The molecule has 0 saturated carbocycles. The number of hydrogen-bond donors (Lipinski definition) is 3. The van der Waals surface area contributed by atoms with E-state index in [4.69, 9.17) is 14.2 Å². The topological polar surface area (TPSA) is 119 Å². The summed E-state index contributed by atoms with van der Waals surface area (Å²) < 4.78 is 16.0. The number of para-hydroxylation sites is 2. The van der Waals surface area contributed by atoms with Gasteiger partial charge >= 0.3 is 5.97 Å². The van der Waals surface area contributed by atoms with E-state index in [0.717, 1.165) is 27.8 Å². The second-order valence-electron chi connectivity index (χ2n) is 9.30. The lowest BCUT2D eigenvalue weighted by molar-refractivity contribution is -0.132. The SMILES string of the molecule is COc1ccccc1CCC(=O)NCC(Cc1c[nH]c2ccccc12)NC(=O)COc1ccc(OC(C)=O)cc1. The van der Waals surface area contributed by atoms with E-state index < -0.39 is 5.97 Å². The van der Waals surface area contributed by atoms with Gasteiger partial charge in [-0.1, -0.05) is 36.4 Å². The molecular formula is C31H33N3O6. The van der Waals surface area contributed by atoms with Crippen LogP contribution in [0.2, 0.25) is 0 Å². The number of nitrogens with one attached hydrogen (secondary N) is 3. The molecule has 3 aromatic carbocycles. The van der Waals surface area contributed by atoms with Gasteiger partial charge in [0.25, 0.3) is 5.91 Å². The molecule has 9 heteroatoms. The lowest BCUT2D eigenvalue weighted by Crippen LogP contribution is -2.46. The number of methoxy groups -OCH3 is 1. The number of rotatable bonds is 13. The Morgan fingerprint density at radius 3 is 2.38 bits per heavy atom. The monoisotopic (exact) mass is 543 g/mol. The van der Waals surface area contributed by atoms with Gasteiger partial charge < -0.3 is 29.8 Å². The molecule has 0 aliphatic heterocycles. The number of carbonyl (C=O) groups is 3. The predicted molar refractivity (Wildman–Crippen MR) is 152 cm³/mol. The highest BCUT2D eigenvalue weighted by atomic mass is 16.5. The number of amides is 2. The van der Waals surface area contributed by atoms with Crippen molar-refractivity contribution in [1.29, 1.82) is 0 Å². The quantitative estimate of drug-likeness (QED) is 0.174. The van der Waals surface area contributed by atoms with Crippen molar-refractivity contribution >= 4 is 28.7 Å². The number of hydrogen-bond acceptors (Lipinski definition) is 6. The Hall–Kier alpha value is -4.79. The van der Waals surface area contributed by atoms with Crippen molar-refractivity contribution in [2.24, 2.45) is 0 Å². The van der Waals surface area contributed by atoms with Crippen LogP contribution in [-0.2, 0) is 27.2 Å². The van der Waals surface area contributed by atoms with E-state index >= 15 is 0 Å². The van der Waals surface area contributed by atoms with Gasteiger partial charge in [0, 0.05) is 37.0 Å². The average molecular weight is 544 g/mol. The first-order valence-electron chi connectivity index (χ1n) is 13.1. The third kappa shape index (κ3) is 8.10. The van der Waals surface area contributed by atoms with E-state index in [1.807, 2.05) is 54.7 Å². The number of H-pyrrole nitrogens is 1. The Morgan fingerprint density at radius 2 is 1.60 bits per heavy atom. The molecule has 2 amide bonds. The molecule has 3 N–H and O–H groups in total. The molecule has 40 heavy (non-hydrogen) atoms. The summed E-state index contributed by atoms with van der Waals surface area (Å²) in [6.45, 7) is 1.37. The van der Waals surface area contributed by atoms with E-state index in [9.17, 15) is 14.4 Å². The number of aryl methyl sites for hydroxylation is 1. The standard InChI is InChI=1S/C31H33N3O6/c1-21(35)40-26-14-12-25(13-15-26)39-20-31(37)34-24(17-23-18-32-28-9-5-4-8-27(23)28)19-33-30(36)16-11-22-7-3-6-10-29(22)38-2/h3-10,12-15,18,24,32H,11,16-17,19-20H2,1-2H3,(H,33,36)(H,34,37). The van der Waals surface area contributed by atoms with Crippen molar-refractivity contribution in [3.63, 3.8) is 0 Å². The highest BCUT2D eigenvalue weighted by Gasteiger charge is 2.17. The van der Waals surface area contributed by atoms with Crippen LogP contribution >= 0.6 is 0 Å². The predicted octanol–water partition coefficient (Wildman–Crippen LogP) is 3.96. The molecule has 0 fully saturated rings. The molecule has 1 atom stereocenters. The molecule has 9 nitrogen and oxygen atoms in total. The Balaban J connectivity index is 1.35. The summed E-state index contributed by atoms with van der Waals surface area (Å²) in [7, 11) is 1.61. The van der Waals surface area contributed by atoms with E-state index in [0.29, 0.717) is 30.8 Å². The molecule has 1 unspecified atom stereocenters. The minimum absolute atomic E-state index is 0.117. The van der Waals surface area contributed by atoms with Crippen LogP contribution in [0.4, 0.5) is 0 Å². The molecule has 0 radical (unpaired) electrons. The van der Waals surface area contributed by atoms with Crippen LogP contribution in [0.5, 0.6) is 17.2 Å². The van der Waals surface area contributed by atoms with Gasteiger partial charge in [-0.2, -0.15) is 0 Å². The van der Waals surface area contributed by atoms with E-state index in [2.05, 4.69) is 15.6 Å². The fourth-order valence-electron chi connectivity index (χ4n) is 4.41. The Morgan fingerprint density at radius 1 is 0.875 bits per heavy atom. The normalized spacial score (nSPS) is 11.4. The van der Waals surface area contributed by atoms with E-state index in [-0.39, 0.29) is 31.0 Å². The van der Waals surface area contributed by atoms with Crippen molar-refractivity contribution < 1.29 is 28.6 Å². The second-order valence-corrected chi connectivity index (χ2v) is 9.30. The van der Waals surface area contributed by atoms with Gasteiger partial charge in [0.05, 0.1) is 13.2 Å². The van der Waals surface area contributed by atoms with Crippen molar-refractivity contribution in [2.75, 3.05) is 20.3 Å². The van der Waals surface area contributed by atoms with Gasteiger partial charge in [-0.05, 0) is 60.4 Å². The van der Waals surface area contributed by atoms with Crippen molar-refractivity contribution in [3.05, 3.63) is 90.1 Å². The fourth-order valence-corrected chi connectivity index (χ4v) is 4.41. The Kier molecular flexibility index (Phi) is 9.77. The highest BCUT2D eigenvalue weighted by Crippen LogP contribution is 2.21. The molecule has 4 rings (SSSR count). The summed E-state index contributed by atoms with van der Waals surface area (Å²) in [5.41, 5.74) is 3.00. The third-order valence-corrected chi connectivity index (χ3v) is 6.32. The molecule has 1 aromatic heterocycles. The molecule has 0 saturated heterocycles. The molecule has 0 aliphatic rings. The molecule has 0 aliphatic carbocycles. The average Bonchev–Trinajstić information content (AvgIpc) is 3.37. The van der Waals surface area contributed by atoms with Gasteiger partial charge in [0.2, 0.25) is 5.91 Å². The smallest absolute Gasteiger partial charge is 0.308 e. The van der Waals surface area contributed by atoms with Crippen LogP contribution in [0.1, 0.15) is 24.5 Å². The maximum absolute atomic E-state index is 12.8. The molecule has 1 heterocycles. The Bertz CT molecular complexity index is 1450. The summed E-state index contributed by atoms with van der Waals surface area (Å²) in [6.07, 6.45) is 3.27. The molecule has 0 bridgehead atoms. The van der Waals surface area contributed by atoms with Gasteiger partial charge in [-0.3, -0.25) is 14.4 Å². The van der Waals surface area contributed by atoms with Crippen molar-refractivity contribution in [3.8, 4) is 17.2 Å². The van der Waals surface area contributed by atoms with Crippen LogP contribution < -0.4 is 24.8 Å². The number of esters is 1. The molecular weight excluding hydrogens is 510 g/mol. The minimum atomic E-state index is -0.416. The lowest BCUT2D eigenvalue weighted by Gasteiger charge is -2.20. The first-order chi connectivity index (χ1) is 19.4. The Labute approximate surface area is 232 Å². The summed E-state index contributed by atoms with van der Waals surface area (Å²) in [4.78, 5) is 39.9. The zero-order valence-corrected chi connectivity index (χ0v) is 22.6. The van der Waals surface area contributed by atoms with Gasteiger partial charge in [0.1, 0.15) is 17.2 Å². The molecule has 4 aromatic rings. The summed E-state index contributed by atoms with van der Waals surface area (Å²) in [6, 6.07) is 21.6. The molecule has 0 spiro atoms. The van der Waals surface area contributed by atoms with Crippen LogP contribution in [0.3, 0.4) is 0 Å². The van der Waals surface area contributed by atoms with Crippen LogP contribution in [0.25, 0.3) is 10.9 Å². The van der Waals surface area contributed by atoms with E-state index in [1.54, 1.807) is 31.4 Å². The summed E-state index contributed by atoms with van der Waals surface area (Å²) >= 11 is 0. The third-order valence-electron chi connectivity index (χ3n) is 6.32. The number of benzene rings is 3. The van der Waals surface area contributed by atoms with Crippen molar-refractivity contribution in [1.82, 2.24) is 15.6 Å². The van der Waals surface area contributed by atoms with E-state index in [1.165, 1.54) is 6.92 Å². The first-order valence-corrected chi connectivity index (χ1v) is 13.1. The minimum Gasteiger partial charge on any atom is -0.496 e. The molecule has 208 valence electrons. The maximum atomic E-state index is 12.8. The van der Waals surface area contributed by atoms with Crippen LogP contribution in [0.15, 0.2) is 79.0 Å². The second kappa shape index (κ2) is 13.8. The van der Waals surface area contributed by atoms with Crippen LogP contribution in [0, 0.1) is 0 Å². The number of aromatic amines is 1. The van der Waals surface area contributed by atoms with Gasteiger partial charge in [-0.15, -0.1) is 0 Å². The maximum Gasteiger partial charge on any atom is 0.308 e. The van der Waals surface area contributed by atoms with Gasteiger partial charge in [0.15, 0.2) is 6.61 Å².